The normalized spacial score (nSPS) is 20.6. The number of nitrogens with two attached hydrogens (primary N) is 1. The van der Waals surface area contributed by atoms with Crippen molar-refractivity contribution in [2.24, 2.45) is 0 Å². The van der Waals surface area contributed by atoms with Gasteiger partial charge in [0.1, 0.15) is 17.7 Å². The minimum absolute atomic E-state index is 0.000473. The average molecular weight is 579 g/mol. The van der Waals surface area contributed by atoms with E-state index < -0.39 is 12.1 Å². The number of anilines is 1. The van der Waals surface area contributed by atoms with Crippen LogP contribution in [-0.4, -0.2) is 72.9 Å². The van der Waals surface area contributed by atoms with Crippen molar-refractivity contribution in [3.05, 3.63) is 58.6 Å². The molecule has 3 N–H and O–H groups in total. The number of thiazole rings is 1. The largest absolute Gasteiger partial charge is 0.375 e. The molecule has 3 aromatic rings. The van der Waals surface area contributed by atoms with Gasteiger partial charge < -0.3 is 20.9 Å². The van der Waals surface area contributed by atoms with E-state index in [4.69, 9.17) is 10.7 Å². The van der Waals surface area contributed by atoms with Gasteiger partial charge in [-0.15, -0.1) is 11.3 Å². The first-order chi connectivity index (χ1) is 19.9. The molecule has 0 radical (unpaired) electrons. The Labute approximate surface area is 244 Å². The van der Waals surface area contributed by atoms with E-state index in [1.807, 2.05) is 52.2 Å². The van der Waals surface area contributed by atoms with Crippen molar-refractivity contribution in [2.45, 2.75) is 76.9 Å². The molecule has 12 heteroatoms. The number of nitrogens with zero attached hydrogens (tertiary/aromatic N) is 6. The second-order valence-corrected chi connectivity index (χ2v) is 11.6. The SMILES string of the molecule is Cc1nc2n(n1)CCN(C(=O)CCc1csc(N)n1)CCCC(=O)N1CCCC[C@H]1C(=O)N[C@@H]2Cc1ccccc1. The molecular formula is C29H38N8O3S. The van der Waals surface area contributed by atoms with Crippen LogP contribution in [0.1, 0.15) is 67.5 Å². The van der Waals surface area contributed by atoms with Crippen LogP contribution in [0.25, 0.3) is 0 Å². The first-order valence-corrected chi connectivity index (χ1v) is 15.3. The lowest BCUT2D eigenvalue weighted by Gasteiger charge is -2.36. The van der Waals surface area contributed by atoms with Crippen molar-refractivity contribution >= 4 is 34.2 Å². The third-order valence-electron chi connectivity index (χ3n) is 7.76. The maximum atomic E-state index is 13.7. The number of nitrogens with one attached hydrogen (secondary N) is 1. The highest BCUT2D eigenvalue weighted by Gasteiger charge is 2.34. The van der Waals surface area contributed by atoms with Gasteiger partial charge in [-0.3, -0.25) is 14.4 Å². The Kier molecular flexibility index (Phi) is 9.28. The monoisotopic (exact) mass is 578 g/mol. The molecule has 0 saturated carbocycles. The Morgan fingerprint density at radius 1 is 1.07 bits per heavy atom. The Balaban J connectivity index is 1.42. The highest BCUT2D eigenvalue weighted by atomic mass is 32.1. The van der Waals surface area contributed by atoms with E-state index in [1.165, 1.54) is 11.3 Å². The van der Waals surface area contributed by atoms with Crippen LogP contribution in [0.3, 0.4) is 0 Å². The smallest absolute Gasteiger partial charge is 0.243 e. The summed E-state index contributed by atoms with van der Waals surface area (Å²) in [7, 11) is 0. The quantitative estimate of drug-likeness (QED) is 0.475. The molecule has 4 heterocycles. The highest BCUT2D eigenvalue weighted by Crippen LogP contribution is 2.23. The van der Waals surface area contributed by atoms with Crippen LogP contribution in [0.15, 0.2) is 35.7 Å². The summed E-state index contributed by atoms with van der Waals surface area (Å²) in [6.45, 7) is 3.69. The fourth-order valence-electron chi connectivity index (χ4n) is 5.69. The van der Waals surface area contributed by atoms with Crippen molar-refractivity contribution in [3.63, 3.8) is 0 Å². The van der Waals surface area contributed by atoms with E-state index in [1.54, 1.807) is 4.90 Å². The number of hydrogen-bond acceptors (Lipinski definition) is 8. The Morgan fingerprint density at radius 3 is 2.68 bits per heavy atom. The number of carbonyl (C=O) groups is 3. The second kappa shape index (κ2) is 13.2. The summed E-state index contributed by atoms with van der Waals surface area (Å²) in [4.78, 5) is 52.9. The van der Waals surface area contributed by atoms with Gasteiger partial charge in [0.2, 0.25) is 17.7 Å². The summed E-state index contributed by atoms with van der Waals surface area (Å²) < 4.78 is 1.82. The van der Waals surface area contributed by atoms with Crippen molar-refractivity contribution < 1.29 is 14.4 Å². The minimum Gasteiger partial charge on any atom is -0.375 e. The standard InChI is InChI=1S/C29H38N8O3S/c1-20-31-27-23(18-21-8-3-2-4-9-21)33-28(40)24-10-5-6-15-36(24)26(39)11-7-14-35(16-17-37(27)34-20)25(38)13-12-22-19-41-29(30)32-22/h2-4,8-9,19,23-24H,5-7,10-18H2,1H3,(H2,30,32)(H,33,40)/t23-,24+/m1/s1. The van der Waals surface area contributed by atoms with Crippen LogP contribution in [0.4, 0.5) is 5.13 Å². The molecule has 0 aliphatic carbocycles. The topological polar surface area (TPSA) is 139 Å². The first-order valence-electron chi connectivity index (χ1n) is 14.4. The van der Waals surface area contributed by atoms with Gasteiger partial charge in [0, 0.05) is 37.9 Å². The van der Waals surface area contributed by atoms with E-state index in [9.17, 15) is 14.4 Å². The molecule has 41 heavy (non-hydrogen) atoms. The lowest BCUT2D eigenvalue weighted by atomic mass is 9.99. The average Bonchev–Trinajstić information content (AvgIpc) is 3.57. The van der Waals surface area contributed by atoms with E-state index in [0.717, 1.165) is 24.1 Å². The zero-order valence-electron chi connectivity index (χ0n) is 23.5. The molecule has 1 aromatic carbocycles. The molecule has 1 saturated heterocycles. The van der Waals surface area contributed by atoms with Gasteiger partial charge in [-0.05, 0) is 51.0 Å². The lowest BCUT2D eigenvalue weighted by molar-refractivity contribution is -0.143. The summed E-state index contributed by atoms with van der Waals surface area (Å²) in [5, 5.41) is 10.3. The number of amides is 3. The van der Waals surface area contributed by atoms with Crippen LogP contribution in [0.2, 0.25) is 0 Å². The summed E-state index contributed by atoms with van der Waals surface area (Å²) in [5.41, 5.74) is 7.62. The van der Waals surface area contributed by atoms with E-state index in [-0.39, 0.29) is 24.1 Å². The predicted octanol–water partition coefficient (Wildman–Crippen LogP) is 2.66. The van der Waals surface area contributed by atoms with Crippen LogP contribution < -0.4 is 11.1 Å². The van der Waals surface area contributed by atoms with Crippen molar-refractivity contribution in [2.75, 3.05) is 25.4 Å². The zero-order chi connectivity index (χ0) is 28.8. The third kappa shape index (κ3) is 7.29. The Morgan fingerprint density at radius 2 is 1.90 bits per heavy atom. The molecule has 0 unspecified atom stereocenters. The zero-order valence-corrected chi connectivity index (χ0v) is 24.3. The first kappa shape index (κ1) is 28.7. The van der Waals surface area contributed by atoms with Gasteiger partial charge in [0.25, 0.3) is 0 Å². The van der Waals surface area contributed by atoms with Gasteiger partial charge in [-0.1, -0.05) is 30.3 Å². The summed E-state index contributed by atoms with van der Waals surface area (Å²) in [5.74, 6) is 1.06. The number of rotatable bonds is 5. The Bertz CT molecular complexity index is 1360. The van der Waals surface area contributed by atoms with Crippen molar-refractivity contribution in [1.29, 1.82) is 0 Å². The molecule has 2 atom stereocenters. The van der Waals surface area contributed by atoms with Gasteiger partial charge in [-0.25, -0.2) is 14.6 Å². The van der Waals surface area contributed by atoms with Crippen LogP contribution in [0, 0.1) is 6.92 Å². The molecule has 5 rings (SSSR count). The number of nitrogen functional groups attached to an aromatic ring is 1. The van der Waals surface area contributed by atoms with Crippen molar-refractivity contribution in [1.82, 2.24) is 34.9 Å². The third-order valence-corrected chi connectivity index (χ3v) is 8.48. The van der Waals surface area contributed by atoms with Gasteiger partial charge >= 0.3 is 0 Å². The summed E-state index contributed by atoms with van der Waals surface area (Å²) in [6.07, 6.45) is 4.57. The number of hydrogen-bond donors (Lipinski definition) is 2. The van der Waals surface area contributed by atoms with Crippen LogP contribution >= 0.6 is 11.3 Å². The fourth-order valence-corrected chi connectivity index (χ4v) is 6.29. The fraction of sp³-hybridized carbons (Fsp3) is 0.517. The number of aryl methyl sites for hydroxylation is 2. The molecule has 11 nitrogen and oxygen atoms in total. The van der Waals surface area contributed by atoms with E-state index in [2.05, 4.69) is 15.4 Å². The molecule has 0 spiro atoms. The number of aromatic nitrogens is 4. The van der Waals surface area contributed by atoms with Gasteiger partial charge in [-0.2, -0.15) is 5.10 Å². The maximum Gasteiger partial charge on any atom is 0.243 e. The van der Waals surface area contributed by atoms with E-state index >= 15 is 0 Å². The molecule has 218 valence electrons. The lowest BCUT2D eigenvalue weighted by Crippen LogP contribution is -2.53. The second-order valence-electron chi connectivity index (χ2n) is 10.8. The van der Waals surface area contributed by atoms with Crippen LogP contribution in [-0.2, 0) is 33.8 Å². The number of piperidine rings is 1. The van der Waals surface area contributed by atoms with Gasteiger partial charge in [0.15, 0.2) is 5.13 Å². The summed E-state index contributed by atoms with van der Waals surface area (Å²) >= 11 is 1.37. The van der Waals surface area contributed by atoms with Crippen molar-refractivity contribution in [3.8, 4) is 0 Å². The molecule has 3 amide bonds. The maximum absolute atomic E-state index is 13.7. The Hall–Kier alpha value is -3.80. The summed E-state index contributed by atoms with van der Waals surface area (Å²) in [6, 6.07) is 9.01. The van der Waals surface area contributed by atoms with E-state index in [0.29, 0.717) is 75.1 Å². The number of fused-ring (bicyclic) bond motifs is 2. The molecule has 2 aliphatic rings. The molecular weight excluding hydrogens is 540 g/mol. The molecule has 1 fully saturated rings. The number of benzene rings is 1. The van der Waals surface area contributed by atoms with Crippen LogP contribution in [0.5, 0.6) is 0 Å². The van der Waals surface area contributed by atoms with Gasteiger partial charge in [0.05, 0.1) is 18.3 Å². The molecule has 2 aliphatic heterocycles. The molecule has 2 aromatic heterocycles. The molecule has 0 bridgehead atoms. The number of carbonyl (C=O) groups excluding carboxylic acids is 3. The highest BCUT2D eigenvalue weighted by molar-refractivity contribution is 7.13. The predicted molar refractivity (Wildman–Crippen MR) is 156 cm³/mol. The minimum atomic E-state index is -0.516.